The van der Waals surface area contributed by atoms with Crippen LogP contribution in [-0.4, -0.2) is 23.0 Å². The van der Waals surface area contributed by atoms with E-state index in [1.54, 1.807) is 0 Å². The van der Waals surface area contributed by atoms with Crippen LogP contribution >= 0.6 is 34.7 Å². The van der Waals surface area contributed by atoms with Gasteiger partial charge in [0, 0.05) is 0 Å². The van der Waals surface area contributed by atoms with Crippen molar-refractivity contribution in [3.8, 4) is 11.5 Å². The lowest BCUT2D eigenvalue weighted by molar-refractivity contribution is -0.0806. The van der Waals surface area contributed by atoms with Crippen molar-refractivity contribution in [1.29, 1.82) is 0 Å². The van der Waals surface area contributed by atoms with E-state index in [-0.39, 0.29) is 27.6 Å². The summed E-state index contributed by atoms with van der Waals surface area (Å²) in [6.07, 6.45) is -0.927. The van der Waals surface area contributed by atoms with Gasteiger partial charge in [-0.15, -0.1) is 0 Å². The highest BCUT2D eigenvalue weighted by atomic mass is 35.5. The van der Waals surface area contributed by atoms with Crippen molar-refractivity contribution in [3.05, 3.63) is 80.4 Å². The highest BCUT2D eigenvalue weighted by molar-refractivity contribution is 7.11. The second-order valence-electron chi connectivity index (χ2n) is 5.98. The zero-order valence-corrected chi connectivity index (χ0v) is 17.4. The van der Waals surface area contributed by atoms with Gasteiger partial charge in [-0.05, 0) is 42.7 Å². The first-order valence-corrected chi connectivity index (χ1v) is 10.2. The summed E-state index contributed by atoms with van der Waals surface area (Å²) < 4.78 is 19.4. The Morgan fingerprint density at radius 1 is 0.964 bits per heavy atom. The Kier molecular flexibility index (Phi) is 7.39. The van der Waals surface area contributed by atoms with Crippen molar-refractivity contribution < 1.29 is 14.2 Å². The van der Waals surface area contributed by atoms with Gasteiger partial charge in [0.25, 0.3) is 11.8 Å². The molecule has 1 heterocycles. The molecule has 148 valence electrons. The van der Waals surface area contributed by atoms with E-state index in [0.29, 0.717) is 18.0 Å². The van der Waals surface area contributed by atoms with Crippen molar-refractivity contribution in [3.63, 3.8) is 0 Å². The predicted octanol–water partition coefficient (Wildman–Crippen LogP) is 5.11. The minimum atomic E-state index is -0.653. The number of hydrogen-bond donors (Lipinski definition) is 0. The van der Waals surface area contributed by atoms with E-state index in [1.807, 2.05) is 67.6 Å². The standard InChI is InChI=1S/C20H19Cl2NO4S/c1-14(12-23-20(24)18(21)19(22)28-23)25-13-17(26-15-8-4-2-5-9-15)27-16-10-6-3-7-11-16/h2-11,14,17H,12-13H2,1H3. The van der Waals surface area contributed by atoms with E-state index in [1.165, 1.54) is 3.96 Å². The number of hydrogen-bond acceptors (Lipinski definition) is 5. The number of aromatic nitrogens is 1. The summed E-state index contributed by atoms with van der Waals surface area (Å²) in [6, 6.07) is 18.7. The quantitative estimate of drug-likeness (QED) is 0.434. The molecular weight excluding hydrogens is 421 g/mol. The first-order chi connectivity index (χ1) is 13.5. The molecule has 1 aromatic heterocycles. The summed E-state index contributed by atoms with van der Waals surface area (Å²) in [7, 11) is 0. The molecule has 3 aromatic rings. The number of halogens is 2. The van der Waals surface area contributed by atoms with Crippen molar-refractivity contribution in [2.24, 2.45) is 0 Å². The van der Waals surface area contributed by atoms with E-state index in [2.05, 4.69) is 0 Å². The van der Waals surface area contributed by atoms with Crippen molar-refractivity contribution in [1.82, 2.24) is 3.96 Å². The molecule has 28 heavy (non-hydrogen) atoms. The van der Waals surface area contributed by atoms with Crippen LogP contribution in [0.1, 0.15) is 6.92 Å². The van der Waals surface area contributed by atoms with Crippen LogP contribution in [-0.2, 0) is 11.3 Å². The number of para-hydroxylation sites is 2. The topological polar surface area (TPSA) is 49.7 Å². The van der Waals surface area contributed by atoms with Crippen molar-refractivity contribution in [2.75, 3.05) is 6.61 Å². The lowest BCUT2D eigenvalue weighted by Crippen LogP contribution is -2.33. The van der Waals surface area contributed by atoms with Gasteiger partial charge in [0.2, 0.25) is 0 Å². The van der Waals surface area contributed by atoms with Crippen molar-refractivity contribution in [2.45, 2.75) is 25.9 Å². The number of nitrogens with zero attached hydrogens (tertiary/aromatic N) is 1. The Morgan fingerprint density at radius 2 is 1.50 bits per heavy atom. The lowest BCUT2D eigenvalue weighted by Gasteiger charge is -2.22. The van der Waals surface area contributed by atoms with Gasteiger partial charge < -0.3 is 14.2 Å². The molecule has 0 bridgehead atoms. The minimum Gasteiger partial charge on any atom is -0.452 e. The van der Waals surface area contributed by atoms with E-state index in [0.717, 1.165) is 11.5 Å². The highest BCUT2D eigenvalue weighted by Gasteiger charge is 2.18. The number of rotatable bonds is 9. The molecule has 1 atom stereocenters. The fourth-order valence-corrected chi connectivity index (χ4v) is 3.82. The van der Waals surface area contributed by atoms with E-state index in [9.17, 15) is 4.79 Å². The first kappa shape index (κ1) is 20.7. The van der Waals surface area contributed by atoms with E-state index < -0.39 is 6.29 Å². The minimum absolute atomic E-state index is 0.0385. The largest absolute Gasteiger partial charge is 0.452 e. The Balaban J connectivity index is 1.63. The Hall–Kier alpha value is -1.99. The summed E-state index contributed by atoms with van der Waals surface area (Å²) in [6.45, 7) is 2.36. The van der Waals surface area contributed by atoms with Gasteiger partial charge in [-0.3, -0.25) is 8.75 Å². The van der Waals surface area contributed by atoms with Gasteiger partial charge in [0.05, 0.1) is 12.6 Å². The maximum absolute atomic E-state index is 12.0. The third-order valence-corrected chi connectivity index (χ3v) is 5.59. The van der Waals surface area contributed by atoms with Gasteiger partial charge in [-0.25, -0.2) is 0 Å². The molecule has 0 radical (unpaired) electrons. The molecule has 0 fully saturated rings. The maximum atomic E-state index is 12.0. The Labute approximate surface area is 177 Å². The zero-order valence-electron chi connectivity index (χ0n) is 15.1. The maximum Gasteiger partial charge on any atom is 0.281 e. The molecule has 0 aliphatic rings. The lowest BCUT2D eigenvalue weighted by atomic mass is 10.3. The zero-order chi connectivity index (χ0) is 19.9. The molecule has 0 aliphatic carbocycles. The average molecular weight is 440 g/mol. The van der Waals surface area contributed by atoms with Crippen LogP contribution in [0, 0.1) is 0 Å². The average Bonchev–Trinajstić information content (AvgIpc) is 2.94. The molecule has 2 aromatic carbocycles. The van der Waals surface area contributed by atoms with E-state index in [4.69, 9.17) is 37.4 Å². The Bertz CT molecular complexity index is 889. The van der Waals surface area contributed by atoms with Crippen LogP contribution in [0.3, 0.4) is 0 Å². The van der Waals surface area contributed by atoms with Crippen molar-refractivity contribution >= 4 is 34.7 Å². The van der Waals surface area contributed by atoms with Crippen LogP contribution in [0.25, 0.3) is 0 Å². The molecule has 0 amide bonds. The molecule has 8 heteroatoms. The smallest absolute Gasteiger partial charge is 0.281 e. The van der Waals surface area contributed by atoms with Gasteiger partial charge in [-0.1, -0.05) is 59.6 Å². The molecular formula is C20H19Cl2NO4S. The first-order valence-electron chi connectivity index (χ1n) is 8.63. The summed E-state index contributed by atoms with van der Waals surface area (Å²) in [4.78, 5) is 12.0. The summed E-state index contributed by atoms with van der Waals surface area (Å²) in [5.74, 6) is 1.35. The van der Waals surface area contributed by atoms with Gasteiger partial charge in [0.1, 0.15) is 27.5 Å². The summed E-state index contributed by atoms with van der Waals surface area (Å²) in [5.41, 5.74) is -0.315. The number of ether oxygens (including phenoxy) is 3. The molecule has 1 unspecified atom stereocenters. The summed E-state index contributed by atoms with van der Waals surface area (Å²) in [5, 5.41) is 0.0385. The van der Waals surface area contributed by atoms with Crippen LogP contribution < -0.4 is 15.0 Å². The highest BCUT2D eigenvalue weighted by Crippen LogP contribution is 2.23. The molecule has 0 aliphatic heterocycles. The molecule has 0 spiro atoms. The molecule has 3 rings (SSSR count). The fourth-order valence-electron chi connectivity index (χ4n) is 2.41. The second-order valence-corrected chi connectivity index (χ2v) is 7.99. The molecule has 5 nitrogen and oxygen atoms in total. The SMILES string of the molecule is CC(Cn1sc(Cl)c(Cl)c1=O)OCC(Oc1ccccc1)Oc1ccccc1. The summed E-state index contributed by atoms with van der Waals surface area (Å²) >= 11 is 12.9. The monoisotopic (exact) mass is 439 g/mol. The fraction of sp³-hybridized carbons (Fsp3) is 0.250. The number of benzene rings is 2. The van der Waals surface area contributed by atoms with Crippen LogP contribution in [0.4, 0.5) is 0 Å². The Morgan fingerprint density at radius 3 is 1.96 bits per heavy atom. The van der Waals surface area contributed by atoms with Crippen LogP contribution in [0.5, 0.6) is 11.5 Å². The van der Waals surface area contributed by atoms with Crippen LogP contribution in [0.2, 0.25) is 9.36 Å². The van der Waals surface area contributed by atoms with Gasteiger partial charge in [-0.2, -0.15) is 0 Å². The van der Waals surface area contributed by atoms with Gasteiger partial charge >= 0.3 is 0 Å². The predicted molar refractivity (Wildman–Crippen MR) is 112 cm³/mol. The molecule has 0 saturated carbocycles. The molecule has 0 N–H and O–H groups in total. The third kappa shape index (κ3) is 5.75. The second kappa shape index (κ2) is 9.98. The molecule has 0 saturated heterocycles. The van der Waals surface area contributed by atoms with Gasteiger partial charge in [0.15, 0.2) is 0 Å². The normalized spacial score (nSPS) is 12.1. The third-order valence-electron chi connectivity index (χ3n) is 3.74. The van der Waals surface area contributed by atoms with E-state index >= 15 is 0 Å². The van der Waals surface area contributed by atoms with Crippen LogP contribution in [0.15, 0.2) is 65.5 Å².